The molecular weight excluding hydrogens is 383 g/mol. The third-order valence-electron chi connectivity index (χ3n) is 4.70. The van der Waals surface area contributed by atoms with Crippen LogP contribution in [0.3, 0.4) is 0 Å². The van der Waals surface area contributed by atoms with Crippen molar-refractivity contribution in [1.82, 2.24) is 9.21 Å². The van der Waals surface area contributed by atoms with Gasteiger partial charge in [-0.15, -0.1) is 0 Å². The van der Waals surface area contributed by atoms with Crippen molar-refractivity contribution in [3.63, 3.8) is 0 Å². The Labute approximate surface area is 164 Å². The van der Waals surface area contributed by atoms with Crippen LogP contribution in [0.25, 0.3) is 0 Å². The Morgan fingerprint density at radius 3 is 2.18 bits per heavy atom. The molecule has 0 spiro atoms. The van der Waals surface area contributed by atoms with Gasteiger partial charge in [-0.1, -0.05) is 12.1 Å². The Bertz CT molecular complexity index is 906. The summed E-state index contributed by atoms with van der Waals surface area (Å²) >= 11 is 0. The molecule has 8 heteroatoms. The van der Waals surface area contributed by atoms with Crippen molar-refractivity contribution in [3.05, 3.63) is 65.5 Å². The molecule has 0 atom stereocenters. The first-order chi connectivity index (χ1) is 13.4. The van der Waals surface area contributed by atoms with Gasteiger partial charge in [-0.05, 0) is 48.9 Å². The molecule has 0 radical (unpaired) electrons. The smallest absolute Gasteiger partial charge is 0.253 e. The molecule has 1 aliphatic heterocycles. The molecular formula is C20H23FN2O4S. The Morgan fingerprint density at radius 2 is 1.61 bits per heavy atom. The highest BCUT2D eigenvalue weighted by Gasteiger charge is 2.27. The second-order valence-electron chi connectivity index (χ2n) is 6.53. The molecule has 0 N–H and O–H groups in total. The van der Waals surface area contributed by atoms with Crippen LogP contribution in [0.15, 0.2) is 48.5 Å². The molecule has 2 aromatic carbocycles. The molecule has 150 valence electrons. The Morgan fingerprint density at radius 1 is 1.00 bits per heavy atom. The van der Waals surface area contributed by atoms with Gasteiger partial charge in [0.2, 0.25) is 10.0 Å². The molecule has 1 aliphatic rings. The zero-order valence-electron chi connectivity index (χ0n) is 15.7. The number of ether oxygens (including phenoxy) is 1. The first kappa shape index (κ1) is 20.3. The van der Waals surface area contributed by atoms with E-state index in [1.807, 2.05) is 12.1 Å². The van der Waals surface area contributed by atoms with Crippen molar-refractivity contribution < 1.29 is 22.3 Å². The number of carbonyl (C=O) groups is 1. The molecule has 0 aromatic heterocycles. The first-order valence-corrected chi connectivity index (χ1v) is 10.7. The van der Waals surface area contributed by atoms with E-state index in [4.69, 9.17) is 4.74 Å². The molecule has 0 bridgehead atoms. The van der Waals surface area contributed by atoms with Crippen molar-refractivity contribution >= 4 is 15.9 Å². The maximum Gasteiger partial charge on any atom is 0.253 e. The number of nitrogens with zero attached hydrogens (tertiary/aromatic N) is 2. The number of sulfonamides is 1. The van der Waals surface area contributed by atoms with E-state index in [9.17, 15) is 17.6 Å². The van der Waals surface area contributed by atoms with Gasteiger partial charge < -0.3 is 9.64 Å². The quantitative estimate of drug-likeness (QED) is 0.739. The van der Waals surface area contributed by atoms with Crippen LogP contribution in [0.2, 0.25) is 0 Å². The lowest BCUT2D eigenvalue weighted by Crippen LogP contribution is -2.50. The maximum atomic E-state index is 12.9. The summed E-state index contributed by atoms with van der Waals surface area (Å²) in [6.07, 6.45) is 0. The van der Waals surface area contributed by atoms with Gasteiger partial charge in [-0.3, -0.25) is 4.79 Å². The number of hydrogen-bond acceptors (Lipinski definition) is 4. The molecule has 0 saturated carbocycles. The lowest BCUT2D eigenvalue weighted by atomic mass is 10.1. The van der Waals surface area contributed by atoms with Gasteiger partial charge in [0.25, 0.3) is 5.91 Å². The summed E-state index contributed by atoms with van der Waals surface area (Å²) in [5.74, 6) is 0.215. The highest BCUT2D eigenvalue weighted by molar-refractivity contribution is 7.89. The predicted molar refractivity (Wildman–Crippen MR) is 104 cm³/mol. The highest BCUT2D eigenvalue weighted by atomic mass is 32.2. The van der Waals surface area contributed by atoms with Crippen LogP contribution in [-0.2, 0) is 16.6 Å². The second-order valence-corrected chi connectivity index (χ2v) is 8.79. The van der Waals surface area contributed by atoms with E-state index in [2.05, 4.69) is 0 Å². The summed E-state index contributed by atoms with van der Waals surface area (Å²) in [5, 5.41) is 0. The monoisotopic (exact) mass is 406 g/mol. The normalized spacial score (nSPS) is 15.4. The van der Waals surface area contributed by atoms with Crippen LogP contribution < -0.4 is 4.74 Å². The molecule has 1 saturated heterocycles. The van der Waals surface area contributed by atoms with Crippen LogP contribution >= 0.6 is 0 Å². The second kappa shape index (κ2) is 8.70. The Balaban J connectivity index is 1.54. The van der Waals surface area contributed by atoms with E-state index in [1.165, 1.54) is 16.4 Å². The Kier molecular flexibility index (Phi) is 6.31. The molecule has 3 rings (SSSR count). The van der Waals surface area contributed by atoms with Crippen molar-refractivity contribution in [1.29, 1.82) is 0 Å². The average Bonchev–Trinajstić information content (AvgIpc) is 2.73. The van der Waals surface area contributed by atoms with Crippen LogP contribution in [0.5, 0.6) is 5.75 Å². The number of halogens is 1. The minimum atomic E-state index is -3.21. The summed E-state index contributed by atoms with van der Waals surface area (Å²) in [5.41, 5.74) is 1.44. The third-order valence-corrected chi connectivity index (χ3v) is 6.59. The topological polar surface area (TPSA) is 66.9 Å². The fourth-order valence-corrected chi connectivity index (χ4v) is 4.06. The predicted octanol–water partition coefficient (Wildman–Crippen LogP) is 2.51. The average molecular weight is 406 g/mol. The summed E-state index contributed by atoms with van der Waals surface area (Å²) in [7, 11) is -3.21. The lowest BCUT2D eigenvalue weighted by Gasteiger charge is -2.33. The first-order valence-electron chi connectivity index (χ1n) is 9.13. The van der Waals surface area contributed by atoms with Crippen LogP contribution in [0, 0.1) is 5.82 Å². The lowest BCUT2D eigenvalue weighted by molar-refractivity contribution is 0.0698. The number of benzene rings is 2. The minimum absolute atomic E-state index is 0.0718. The molecule has 1 heterocycles. The summed E-state index contributed by atoms with van der Waals surface area (Å²) in [6, 6.07) is 12.9. The number of piperazine rings is 1. The van der Waals surface area contributed by atoms with Gasteiger partial charge in [0.1, 0.15) is 18.2 Å². The van der Waals surface area contributed by atoms with Gasteiger partial charge in [-0.25, -0.2) is 12.8 Å². The molecule has 0 unspecified atom stereocenters. The fraction of sp³-hybridized carbons (Fsp3) is 0.350. The molecule has 2 aromatic rings. The molecule has 1 fully saturated rings. The number of hydrogen-bond donors (Lipinski definition) is 0. The fourth-order valence-electron chi connectivity index (χ4n) is 2.98. The van der Waals surface area contributed by atoms with Crippen LogP contribution in [0.4, 0.5) is 4.39 Å². The van der Waals surface area contributed by atoms with Gasteiger partial charge in [0.05, 0.1) is 5.75 Å². The third kappa shape index (κ3) is 4.88. The van der Waals surface area contributed by atoms with E-state index in [1.54, 1.807) is 36.1 Å². The molecule has 28 heavy (non-hydrogen) atoms. The summed E-state index contributed by atoms with van der Waals surface area (Å²) < 4.78 is 43.8. The van der Waals surface area contributed by atoms with Crippen molar-refractivity contribution in [2.75, 3.05) is 31.9 Å². The van der Waals surface area contributed by atoms with Crippen LogP contribution in [0.1, 0.15) is 22.8 Å². The van der Waals surface area contributed by atoms with Gasteiger partial charge in [-0.2, -0.15) is 4.31 Å². The van der Waals surface area contributed by atoms with Crippen LogP contribution in [-0.4, -0.2) is 55.5 Å². The maximum absolute atomic E-state index is 12.9. The van der Waals surface area contributed by atoms with Gasteiger partial charge in [0.15, 0.2) is 0 Å². The molecule has 1 amide bonds. The minimum Gasteiger partial charge on any atom is -0.489 e. The highest BCUT2D eigenvalue weighted by Crippen LogP contribution is 2.16. The van der Waals surface area contributed by atoms with E-state index in [0.717, 1.165) is 5.56 Å². The number of carbonyl (C=O) groups excluding carboxylic acids is 1. The summed E-state index contributed by atoms with van der Waals surface area (Å²) in [6.45, 7) is 3.35. The van der Waals surface area contributed by atoms with E-state index in [0.29, 0.717) is 44.1 Å². The SMILES string of the molecule is CCS(=O)(=O)N1CCN(C(=O)c2ccc(COc3ccc(F)cc3)cc2)CC1. The standard InChI is InChI=1S/C20H23FN2O4S/c1-2-28(25,26)23-13-11-22(12-14-23)20(24)17-5-3-16(4-6-17)15-27-19-9-7-18(21)8-10-19/h3-10H,2,11-15H2,1H3. The molecule has 6 nitrogen and oxygen atoms in total. The van der Waals surface area contributed by atoms with E-state index in [-0.39, 0.29) is 17.5 Å². The van der Waals surface area contributed by atoms with E-state index >= 15 is 0 Å². The number of rotatable bonds is 6. The van der Waals surface area contributed by atoms with Crippen molar-refractivity contribution in [3.8, 4) is 5.75 Å². The zero-order chi connectivity index (χ0) is 20.1. The Hall–Kier alpha value is -2.45. The summed E-state index contributed by atoms with van der Waals surface area (Å²) in [4.78, 5) is 14.3. The van der Waals surface area contributed by atoms with E-state index < -0.39 is 10.0 Å². The zero-order valence-corrected chi connectivity index (χ0v) is 16.5. The number of amides is 1. The van der Waals surface area contributed by atoms with Crippen molar-refractivity contribution in [2.45, 2.75) is 13.5 Å². The van der Waals surface area contributed by atoms with Gasteiger partial charge in [0, 0.05) is 31.7 Å². The molecule has 0 aliphatic carbocycles. The van der Waals surface area contributed by atoms with Gasteiger partial charge >= 0.3 is 0 Å². The largest absolute Gasteiger partial charge is 0.489 e. The van der Waals surface area contributed by atoms with Crippen molar-refractivity contribution in [2.24, 2.45) is 0 Å².